The van der Waals surface area contributed by atoms with Crippen LogP contribution in [0.4, 0.5) is 0 Å². The van der Waals surface area contributed by atoms with Gasteiger partial charge in [-0.15, -0.1) is 0 Å². The van der Waals surface area contributed by atoms with E-state index >= 15 is 0 Å². The molecule has 14 heteroatoms. The molecule has 0 aromatic heterocycles. The minimum Gasteiger partial charge on any atom is -0.508 e. The molecule has 0 aliphatic heterocycles. The van der Waals surface area contributed by atoms with Gasteiger partial charge in [0.25, 0.3) is 5.91 Å². The van der Waals surface area contributed by atoms with Crippen LogP contribution >= 0.6 is 0 Å². The van der Waals surface area contributed by atoms with Crippen molar-refractivity contribution in [1.29, 1.82) is 0 Å². The Morgan fingerprint density at radius 3 is 1.69 bits per heavy atom. The molecule has 306 valence electrons. The van der Waals surface area contributed by atoms with Crippen LogP contribution in [-0.4, -0.2) is 117 Å². The number of hydrogen-bond acceptors (Lipinski definition) is 9. The largest absolute Gasteiger partial charge is 0.508 e. The molecular formula is C41H63N5O9. The van der Waals surface area contributed by atoms with E-state index in [0.29, 0.717) is 17.5 Å². The van der Waals surface area contributed by atoms with E-state index in [-0.39, 0.29) is 24.3 Å². The molecule has 0 radical (unpaired) electrons. The van der Waals surface area contributed by atoms with E-state index in [2.05, 4.69) is 22.9 Å². The zero-order valence-corrected chi connectivity index (χ0v) is 33.6. The van der Waals surface area contributed by atoms with Crippen molar-refractivity contribution in [1.82, 2.24) is 25.8 Å². The van der Waals surface area contributed by atoms with Crippen LogP contribution in [0.15, 0.2) is 48.5 Å². The van der Waals surface area contributed by atoms with Gasteiger partial charge in [-0.1, -0.05) is 91.0 Å². The van der Waals surface area contributed by atoms with Gasteiger partial charge in [-0.2, -0.15) is 0 Å². The lowest BCUT2D eigenvalue weighted by molar-refractivity contribution is -0.151. The lowest BCUT2D eigenvalue weighted by Gasteiger charge is -2.38. The summed E-state index contributed by atoms with van der Waals surface area (Å²) in [6, 6.07) is 6.65. The summed E-state index contributed by atoms with van der Waals surface area (Å²) in [4.78, 5) is 70.6. The average Bonchev–Trinajstić information content (AvgIpc) is 3.14. The highest BCUT2D eigenvalue weighted by molar-refractivity contribution is 5.95. The number of nitrogens with zero attached hydrogens (tertiary/aromatic N) is 2. The van der Waals surface area contributed by atoms with Gasteiger partial charge in [-0.25, -0.2) is 4.79 Å². The van der Waals surface area contributed by atoms with Crippen molar-refractivity contribution in [3.63, 3.8) is 0 Å². The second kappa shape index (κ2) is 22.6. The van der Waals surface area contributed by atoms with E-state index < -0.39 is 77.7 Å². The molecule has 55 heavy (non-hydrogen) atoms. The maximum absolute atomic E-state index is 14.4. The smallest absolute Gasteiger partial charge is 0.326 e. The number of hydrogen-bond donors (Lipinski definition) is 7. The van der Waals surface area contributed by atoms with E-state index in [1.165, 1.54) is 48.2 Å². The van der Waals surface area contributed by atoms with Crippen LogP contribution in [0.3, 0.4) is 0 Å². The number of nitrogens with one attached hydrogen (secondary N) is 3. The average molecular weight is 770 g/mol. The molecule has 2 rings (SSSR count). The van der Waals surface area contributed by atoms with E-state index in [1.807, 2.05) is 0 Å². The summed E-state index contributed by atoms with van der Waals surface area (Å²) in [5, 5.41) is 48.8. The van der Waals surface area contributed by atoms with Crippen LogP contribution in [-0.2, 0) is 36.8 Å². The third-order valence-corrected chi connectivity index (χ3v) is 9.99. The van der Waals surface area contributed by atoms with Crippen molar-refractivity contribution in [2.75, 3.05) is 21.1 Å². The molecule has 0 bridgehead atoms. The summed E-state index contributed by atoms with van der Waals surface area (Å²) in [6.45, 7) is 9.12. The number of aliphatic carboxylic acids is 1. The summed E-state index contributed by atoms with van der Waals surface area (Å²) in [6.07, 6.45) is 4.13. The molecule has 0 unspecified atom stereocenters. The Labute approximate surface area is 325 Å². The number of carboxylic acid groups (broad SMARTS) is 1. The van der Waals surface area contributed by atoms with Gasteiger partial charge < -0.3 is 46.2 Å². The number of amides is 4. The SMILES string of the molecule is CCCCCCC[C@@H](NC)[C@@H](O)C(=O)N[C@H](C(=O)N(C)[C@H](C(=O)N(C)[C@@H](Cc1ccc(O)cc1)C(=O)N[C@@H](Cc1ccc(O)cc1)C(=O)O)C(C)C)C(C)C. The van der Waals surface area contributed by atoms with Crippen LogP contribution in [0.5, 0.6) is 11.5 Å². The molecule has 2 aromatic carbocycles. The number of aliphatic hydroxyl groups is 1. The number of likely N-dealkylation sites (N-methyl/N-ethyl adjacent to an activating group) is 3. The predicted octanol–water partition coefficient (Wildman–Crippen LogP) is 3.21. The number of carbonyl (C=O) groups excluding carboxylic acids is 4. The minimum absolute atomic E-state index is 0.00235. The fourth-order valence-electron chi connectivity index (χ4n) is 6.58. The highest BCUT2D eigenvalue weighted by atomic mass is 16.4. The number of aliphatic hydroxyl groups excluding tert-OH is 1. The Kier molecular flexibility index (Phi) is 19.1. The molecule has 7 N–H and O–H groups in total. The van der Waals surface area contributed by atoms with Crippen LogP contribution < -0.4 is 16.0 Å². The van der Waals surface area contributed by atoms with Crippen molar-refractivity contribution in [3.05, 3.63) is 59.7 Å². The number of phenols is 2. The number of rotatable bonds is 23. The van der Waals surface area contributed by atoms with Crippen molar-refractivity contribution in [2.45, 2.75) is 122 Å². The van der Waals surface area contributed by atoms with Crippen molar-refractivity contribution in [3.8, 4) is 11.5 Å². The normalized spacial score (nSPS) is 14.7. The first-order valence-electron chi connectivity index (χ1n) is 19.2. The number of carboxylic acids is 1. The zero-order chi connectivity index (χ0) is 41.4. The Morgan fingerprint density at radius 1 is 0.691 bits per heavy atom. The Balaban J connectivity index is 2.35. The molecule has 6 atom stereocenters. The van der Waals surface area contributed by atoms with E-state index in [0.717, 1.165) is 32.1 Å². The number of aromatic hydroxyl groups is 2. The number of carbonyl (C=O) groups is 5. The minimum atomic E-state index is -1.41. The first kappa shape index (κ1) is 46.5. The van der Waals surface area contributed by atoms with E-state index in [9.17, 15) is 44.4 Å². The molecule has 0 aliphatic rings. The molecule has 0 spiro atoms. The molecule has 0 saturated heterocycles. The lowest BCUT2D eigenvalue weighted by Crippen LogP contribution is -2.61. The fourth-order valence-corrected chi connectivity index (χ4v) is 6.58. The van der Waals surface area contributed by atoms with Crippen molar-refractivity contribution >= 4 is 29.6 Å². The molecule has 0 saturated carbocycles. The highest BCUT2D eigenvalue weighted by Crippen LogP contribution is 2.21. The van der Waals surface area contributed by atoms with Gasteiger partial charge in [0.05, 0.1) is 0 Å². The molecule has 0 heterocycles. The third-order valence-electron chi connectivity index (χ3n) is 9.99. The zero-order valence-electron chi connectivity index (χ0n) is 33.6. The quantitative estimate of drug-likeness (QED) is 0.0822. The fraction of sp³-hybridized carbons (Fsp3) is 0.585. The summed E-state index contributed by atoms with van der Waals surface area (Å²) < 4.78 is 0. The van der Waals surface area contributed by atoms with Gasteiger partial charge in [-0.05, 0) is 60.7 Å². The lowest BCUT2D eigenvalue weighted by atomic mass is 9.95. The Morgan fingerprint density at radius 2 is 1.22 bits per heavy atom. The van der Waals surface area contributed by atoms with Gasteiger partial charge in [0, 0.05) is 33.0 Å². The number of phenolic OH excluding ortho intramolecular Hbond substituents is 2. The first-order valence-corrected chi connectivity index (χ1v) is 19.2. The molecule has 4 amide bonds. The van der Waals surface area contributed by atoms with Gasteiger partial charge in [-0.3, -0.25) is 19.2 Å². The summed E-state index contributed by atoms with van der Waals surface area (Å²) in [5.41, 5.74) is 1.13. The molecular weight excluding hydrogens is 706 g/mol. The van der Waals surface area contributed by atoms with Crippen LogP contribution in [0.25, 0.3) is 0 Å². The van der Waals surface area contributed by atoms with Gasteiger partial charge in [0.15, 0.2) is 0 Å². The highest BCUT2D eigenvalue weighted by Gasteiger charge is 2.40. The standard InChI is InChI=1S/C41H63N5O9/c1-9-10-11-12-13-14-31(42-6)36(49)38(51)44-34(25(2)3)39(52)46(8)35(26(4)5)40(53)45(7)33(24-28-17-21-30(48)22-18-28)37(50)43-32(41(54)55)23-27-15-19-29(47)20-16-27/h15-22,25-26,31-36,42,47-49H,9-14,23-24H2,1-8H3,(H,43,50)(H,44,51)(H,54,55)/t31-,32+,33+,34+,35+,36-/m1/s1. The summed E-state index contributed by atoms with van der Waals surface area (Å²) >= 11 is 0. The van der Waals surface area contributed by atoms with E-state index in [1.54, 1.807) is 59.0 Å². The molecule has 2 aromatic rings. The van der Waals surface area contributed by atoms with Gasteiger partial charge >= 0.3 is 5.97 Å². The summed E-state index contributed by atoms with van der Waals surface area (Å²) in [7, 11) is 4.54. The van der Waals surface area contributed by atoms with Gasteiger partial charge in [0.2, 0.25) is 17.7 Å². The maximum Gasteiger partial charge on any atom is 0.326 e. The van der Waals surface area contributed by atoms with Crippen LogP contribution in [0.2, 0.25) is 0 Å². The summed E-state index contributed by atoms with van der Waals surface area (Å²) in [5.74, 6) is -4.79. The van der Waals surface area contributed by atoms with Crippen LogP contribution in [0, 0.1) is 11.8 Å². The monoisotopic (exact) mass is 769 g/mol. The first-order chi connectivity index (χ1) is 25.9. The van der Waals surface area contributed by atoms with Crippen molar-refractivity contribution < 1.29 is 44.4 Å². The molecule has 0 aliphatic carbocycles. The second-order valence-electron chi connectivity index (χ2n) is 15.0. The van der Waals surface area contributed by atoms with Crippen LogP contribution in [0.1, 0.15) is 84.3 Å². The topological polar surface area (TPSA) is 209 Å². The number of benzene rings is 2. The molecule has 0 fully saturated rings. The van der Waals surface area contributed by atoms with E-state index in [4.69, 9.17) is 0 Å². The number of unbranched alkanes of at least 4 members (excludes halogenated alkanes) is 4. The Hall–Kier alpha value is -4.69. The predicted molar refractivity (Wildman–Crippen MR) is 210 cm³/mol. The second-order valence-corrected chi connectivity index (χ2v) is 15.0. The van der Waals surface area contributed by atoms with Gasteiger partial charge in [0.1, 0.15) is 41.8 Å². The maximum atomic E-state index is 14.4. The van der Waals surface area contributed by atoms with Crippen molar-refractivity contribution in [2.24, 2.45) is 11.8 Å². The third kappa shape index (κ3) is 14.2. The Bertz CT molecular complexity index is 1530. The molecule has 14 nitrogen and oxygen atoms in total.